The van der Waals surface area contributed by atoms with E-state index in [-0.39, 0.29) is 10.9 Å². The van der Waals surface area contributed by atoms with Gasteiger partial charge in [-0.1, -0.05) is 28.8 Å². The number of methoxy groups -OCH3 is 1. The van der Waals surface area contributed by atoms with Crippen molar-refractivity contribution in [1.82, 2.24) is 4.31 Å². The van der Waals surface area contributed by atoms with Crippen LogP contribution >= 0.6 is 15.9 Å². The molecular formula is C16H22BrNO3S. The normalized spacial score (nSPS) is 26.5. The number of sulfonamides is 1. The molecule has 1 aliphatic heterocycles. The Hall–Kier alpha value is -0.590. The molecule has 0 amide bonds. The van der Waals surface area contributed by atoms with E-state index in [1.54, 1.807) is 22.5 Å². The van der Waals surface area contributed by atoms with Crippen molar-refractivity contribution < 1.29 is 13.2 Å². The smallest absolute Gasteiger partial charge is 0.247 e. The fourth-order valence-electron chi connectivity index (χ4n) is 3.86. The van der Waals surface area contributed by atoms with Crippen LogP contribution in [0.1, 0.15) is 38.5 Å². The largest absolute Gasteiger partial charge is 0.495 e. The van der Waals surface area contributed by atoms with Gasteiger partial charge in [0.25, 0.3) is 0 Å². The highest BCUT2D eigenvalue weighted by Crippen LogP contribution is 2.39. The molecule has 1 aromatic carbocycles. The SMILES string of the molecule is COc1ccc(Br)cc1S(=O)(=O)N1CCC[C@H]2CCCC[C@@H]21. The first-order valence-corrected chi connectivity index (χ1v) is 10.1. The van der Waals surface area contributed by atoms with Gasteiger partial charge in [0.2, 0.25) is 10.0 Å². The zero-order valence-electron chi connectivity index (χ0n) is 12.8. The summed E-state index contributed by atoms with van der Waals surface area (Å²) in [6.07, 6.45) is 6.62. The van der Waals surface area contributed by atoms with Crippen LogP contribution in [0.5, 0.6) is 5.75 Å². The van der Waals surface area contributed by atoms with Gasteiger partial charge in [-0.05, 0) is 49.8 Å². The minimum atomic E-state index is -3.52. The Bertz CT molecular complexity index is 645. The number of hydrogen-bond donors (Lipinski definition) is 0. The third kappa shape index (κ3) is 2.93. The van der Waals surface area contributed by atoms with E-state index in [2.05, 4.69) is 15.9 Å². The monoisotopic (exact) mass is 387 g/mol. The van der Waals surface area contributed by atoms with E-state index < -0.39 is 10.0 Å². The lowest BCUT2D eigenvalue weighted by atomic mass is 9.79. The van der Waals surface area contributed by atoms with E-state index in [4.69, 9.17) is 4.74 Å². The topological polar surface area (TPSA) is 46.6 Å². The predicted octanol–water partition coefficient (Wildman–Crippen LogP) is 3.80. The summed E-state index contributed by atoms with van der Waals surface area (Å²) in [5.74, 6) is 0.941. The molecule has 0 N–H and O–H groups in total. The first-order valence-electron chi connectivity index (χ1n) is 7.89. The van der Waals surface area contributed by atoms with E-state index in [1.165, 1.54) is 13.5 Å². The van der Waals surface area contributed by atoms with Crippen molar-refractivity contribution >= 4 is 26.0 Å². The maximum atomic E-state index is 13.2. The highest BCUT2D eigenvalue weighted by Gasteiger charge is 2.40. The Morgan fingerprint density at radius 2 is 1.91 bits per heavy atom. The summed E-state index contributed by atoms with van der Waals surface area (Å²) >= 11 is 3.37. The summed E-state index contributed by atoms with van der Waals surface area (Å²) in [6.45, 7) is 0.624. The molecule has 0 bridgehead atoms. The second kappa shape index (κ2) is 6.49. The molecule has 6 heteroatoms. The van der Waals surface area contributed by atoms with Gasteiger partial charge in [-0.15, -0.1) is 0 Å². The van der Waals surface area contributed by atoms with Crippen molar-refractivity contribution in [2.45, 2.75) is 49.5 Å². The lowest BCUT2D eigenvalue weighted by Gasteiger charge is -2.43. The van der Waals surface area contributed by atoms with Crippen molar-refractivity contribution in [2.24, 2.45) is 5.92 Å². The van der Waals surface area contributed by atoms with E-state index in [9.17, 15) is 8.42 Å². The molecule has 4 nitrogen and oxygen atoms in total. The summed E-state index contributed by atoms with van der Waals surface area (Å²) in [5.41, 5.74) is 0. The summed E-state index contributed by atoms with van der Waals surface area (Å²) < 4.78 is 34.2. The van der Waals surface area contributed by atoms with Crippen molar-refractivity contribution in [2.75, 3.05) is 13.7 Å². The molecule has 0 unspecified atom stereocenters. The lowest BCUT2D eigenvalue weighted by molar-refractivity contribution is 0.129. The van der Waals surface area contributed by atoms with Crippen molar-refractivity contribution in [1.29, 1.82) is 0 Å². The van der Waals surface area contributed by atoms with Crippen LogP contribution < -0.4 is 4.74 Å². The number of fused-ring (bicyclic) bond motifs is 1. The molecule has 1 heterocycles. The standard InChI is InChI=1S/C16H22BrNO3S/c1-21-15-9-8-13(17)11-16(15)22(19,20)18-10-4-6-12-5-2-3-7-14(12)18/h8-9,11-12,14H,2-7,10H2,1H3/t12-,14+/m1/s1. The summed E-state index contributed by atoms with van der Waals surface area (Å²) in [6, 6.07) is 5.33. The van der Waals surface area contributed by atoms with Gasteiger partial charge >= 0.3 is 0 Å². The van der Waals surface area contributed by atoms with Crippen LogP contribution in [0.4, 0.5) is 0 Å². The first-order chi connectivity index (χ1) is 10.5. The van der Waals surface area contributed by atoms with Gasteiger partial charge in [-0.3, -0.25) is 0 Å². The number of benzene rings is 1. The van der Waals surface area contributed by atoms with Crippen LogP contribution in [-0.4, -0.2) is 32.4 Å². The summed E-state index contributed by atoms with van der Waals surface area (Å²) in [5, 5.41) is 0. The van der Waals surface area contributed by atoms with Gasteiger partial charge in [0, 0.05) is 17.1 Å². The molecule has 22 heavy (non-hydrogen) atoms. The quantitative estimate of drug-likeness (QED) is 0.791. The molecule has 1 saturated carbocycles. The Balaban J connectivity index is 2.00. The average Bonchev–Trinajstić information content (AvgIpc) is 2.54. The van der Waals surface area contributed by atoms with Crippen molar-refractivity contribution in [3.63, 3.8) is 0 Å². The van der Waals surface area contributed by atoms with Crippen LogP contribution in [-0.2, 0) is 10.0 Å². The average molecular weight is 388 g/mol. The Labute approximate surface area is 141 Å². The van der Waals surface area contributed by atoms with Gasteiger partial charge in [0.1, 0.15) is 10.6 Å². The zero-order valence-corrected chi connectivity index (χ0v) is 15.2. The zero-order chi connectivity index (χ0) is 15.7. The number of piperidine rings is 1. The Morgan fingerprint density at radius 1 is 1.18 bits per heavy atom. The number of halogens is 1. The molecule has 122 valence electrons. The van der Waals surface area contributed by atoms with E-state index in [1.807, 2.05) is 0 Å². The maximum absolute atomic E-state index is 13.2. The van der Waals surface area contributed by atoms with Crippen LogP contribution in [0.15, 0.2) is 27.6 Å². The molecular weight excluding hydrogens is 366 g/mol. The molecule has 0 aromatic heterocycles. The lowest BCUT2D eigenvalue weighted by Crippen LogP contribution is -2.49. The van der Waals surface area contributed by atoms with E-state index in [0.717, 1.165) is 36.6 Å². The number of nitrogens with zero attached hydrogens (tertiary/aromatic N) is 1. The van der Waals surface area contributed by atoms with E-state index >= 15 is 0 Å². The van der Waals surface area contributed by atoms with Crippen LogP contribution in [0.2, 0.25) is 0 Å². The van der Waals surface area contributed by atoms with Crippen molar-refractivity contribution in [3.05, 3.63) is 22.7 Å². The summed E-state index contributed by atoms with van der Waals surface area (Å²) in [7, 11) is -2.00. The van der Waals surface area contributed by atoms with E-state index in [0.29, 0.717) is 18.2 Å². The van der Waals surface area contributed by atoms with Gasteiger partial charge in [-0.25, -0.2) is 8.42 Å². The minimum absolute atomic E-state index is 0.163. The fourth-order valence-corrected chi connectivity index (χ4v) is 6.31. The molecule has 3 rings (SSSR count). The number of ether oxygens (including phenoxy) is 1. The van der Waals surface area contributed by atoms with Gasteiger partial charge < -0.3 is 4.74 Å². The Kier molecular flexibility index (Phi) is 4.80. The molecule has 0 radical (unpaired) electrons. The van der Waals surface area contributed by atoms with Crippen molar-refractivity contribution in [3.8, 4) is 5.75 Å². The molecule has 1 aliphatic carbocycles. The molecule has 1 aromatic rings. The highest BCUT2D eigenvalue weighted by molar-refractivity contribution is 9.10. The number of rotatable bonds is 3. The molecule has 1 saturated heterocycles. The third-order valence-electron chi connectivity index (χ3n) is 4.90. The molecule has 2 atom stereocenters. The fraction of sp³-hybridized carbons (Fsp3) is 0.625. The van der Waals surface area contributed by atoms with Crippen LogP contribution in [0.3, 0.4) is 0 Å². The Morgan fingerprint density at radius 3 is 2.68 bits per heavy atom. The predicted molar refractivity (Wildman–Crippen MR) is 89.6 cm³/mol. The second-order valence-electron chi connectivity index (χ2n) is 6.17. The van der Waals surface area contributed by atoms with Gasteiger partial charge in [0.05, 0.1) is 7.11 Å². The first kappa shape index (κ1) is 16.3. The summed E-state index contributed by atoms with van der Waals surface area (Å²) in [4.78, 5) is 0.274. The third-order valence-corrected chi connectivity index (χ3v) is 7.34. The molecule has 2 fully saturated rings. The van der Waals surface area contributed by atoms with Crippen LogP contribution in [0, 0.1) is 5.92 Å². The van der Waals surface area contributed by atoms with Crippen LogP contribution in [0.25, 0.3) is 0 Å². The molecule has 2 aliphatic rings. The second-order valence-corrected chi connectivity index (χ2v) is 8.94. The highest BCUT2D eigenvalue weighted by atomic mass is 79.9. The molecule has 0 spiro atoms. The van der Waals surface area contributed by atoms with Gasteiger partial charge in [-0.2, -0.15) is 4.31 Å². The van der Waals surface area contributed by atoms with Gasteiger partial charge in [0.15, 0.2) is 0 Å². The minimum Gasteiger partial charge on any atom is -0.495 e. The maximum Gasteiger partial charge on any atom is 0.247 e. The number of hydrogen-bond acceptors (Lipinski definition) is 3.